The predicted molar refractivity (Wildman–Crippen MR) is 117 cm³/mol. The molecule has 0 spiro atoms. The molecule has 4 rings (SSSR count). The summed E-state index contributed by atoms with van der Waals surface area (Å²) in [5, 5.41) is 2.81. The summed E-state index contributed by atoms with van der Waals surface area (Å²) in [4.78, 5) is 31.8. The highest BCUT2D eigenvalue weighted by molar-refractivity contribution is 5.89. The average Bonchev–Trinajstić information content (AvgIpc) is 3.28. The highest BCUT2D eigenvalue weighted by Gasteiger charge is 2.46. The number of nitrogens with zero attached hydrogens (tertiary/aromatic N) is 2. The number of nitrogens with one attached hydrogen (secondary N) is 1. The first-order valence-corrected chi connectivity index (χ1v) is 11.2. The molecule has 1 saturated heterocycles. The van der Waals surface area contributed by atoms with Crippen LogP contribution in [0.15, 0.2) is 48.7 Å². The Morgan fingerprint density at radius 2 is 1.87 bits per heavy atom. The van der Waals surface area contributed by atoms with Crippen molar-refractivity contribution in [2.75, 3.05) is 6.54 Å². The van der Waals surface area contributed by atoms with Crippen LogP contribution in [-0.4, -0.2) is 28.2 Å². The second-order valence-electron chi connectivity index (χ2n) is 8.66. The molecule has 2 aliphatic rings. The molecule has 1 unspecified atom stereocenters. The molecule has 0 bridgehead atoms. The number of carbonyl (C=O) groups excluding carboxylic acids is 2. The van der Waals surface area contributed by atoms with Gasteiger partial charge in [-0.1, -0.05) is 49.6 Å². The van der Waals surface area contributed by atoms with Gasteiger partial charge in [0.15, 0.2) is 0 Å². The van der Waals surface area contributed by atoms with Gasteiger partial charge in [0.05, 0.1) is 23.7 Å². The number of hydrogen-bond acceptors (Lipinski definition) is 3. The third-order valence-electron chi connectivity index (χ3n) is 6.70. The molecule has 2 fully saturated rings. The van der Waals surface area contributed by atoms with E-state index in [-0.39, 0.29) is 17.9 Å². The fourth-order valence-corrected chi connectivity index (χ4v) is 5.19. The van der Waals surface area contributed by atoms with Crippen LogP contribution in [-0.2, 0) is 21.5 Å². The summed E-state index contributed by atoms with van der Waals surface area (Å²) in [7, 11) is 0. The van der Waals surface area contributed by atoms with E-state index in [4.69, 9.17) is 0 Å². The summed E-state index contributed by atoms with van der Waals surface area (Å²) < 4.78 is 0. The molecule has 30 heavy (non-hydrogen) atoms. The first-order chi connectivity index (χ1) is 14.6. The zero-order valence-electron chi connectivity index (χ0n) is 17.8. The third-order valence-corrected chi connectivity index (χ3v) is 6.70. The molecule has 2 heterocycles. The molecular weight excluding hydrogens is 374 g/mol. The van der Waals surface area contributed by atoms with Gasteiger partial charge in [-0.2, -0.15) is 0 Å². The van der Waals surface area contributed by atoms with E-state index < -0.39 is 5.41 Å². The minimum absolute atomic E-state index is 0.0676. The molecule has 1 N–H and O–H groups in total. The Bertz CT molecular complexity index is 890. The van der Waals surface area contributed by atoms with Crippen molar-refractivity contribution in [2.45, 2.75) is 69.9 Å². The first-order valence-electron chi connectivity index (χ1n) is 11.2. The summed E-state index contributed by atoms with van der Waals surface area (Å²) >= 11 is 0. The van der Waals surface area contributed by atoms with E-state index in [0.717, 1.165) is 56.3 Å². The van der Waals surface area contributed by atoms with E-state index in [1.807, 2.05) is 18.2 Å². The molecule has 2 amide bonds. The maximum absolute atomic E-state index is 14.1. The van der Waals surface area contributed by atoms with Crippen molar-refractivity contribution in [3.8, 4) is 0 Å². The van der Waals surface area contributed by atoms with Crippen LogP contribution in [0, 0.1) is 0 Å². The zero-order valence-corrected chi connectivity index (χ0v) is 17.8. The summed E-state index contributed by atoms with van der Waals surface area (Å²) in [6, 6.07) is 14.5. The van der Waals surface area contributed by atoms with Crippen molar-refractivity contribution in [2.24, 2.45) is 0 Å². The van der Waals surface area contributed by atoms with Gasteiger partial charge in [0.25, 0.3) is 0 Å². The number of carbonyl (C=O) groups is 2. The van der Waals surface area contributed by atoms with Crippen molar-refractivity contribution in [3.05, 3.63) is 65.5 Å². The highest BCUT2D eigenvalue weighted by atomic mass is 16.2. The number of benzene rings is 1. The van der Waals surface area contributed by atoms with Gasteiger partial charge in [-0.15, -0.1) is 0 Å². The van der Waals surface area contributed by atoms with Gasteiger partial charge in [-0.25, -0.2) is 0 Å². The smallest absolute Gasteiger partial charge is 0.233 e. The molecule has 5 heteroatoms. The standard InChI is InChI=1S/C25H31N3O2/c1-19(29)27-18-22-17-20(12-15-26-22)23-11-8-16-28(23)24(30)25(13-6-3-7-14-25)21-9-4-2-5-10-21/h2,4-5,9-10,12,15,17,23H,3,6-8,11,13-14,16,18H2,1H3,(H,27,29). The Hall–Kier alpha value is -2.69. The number of aromatic nitrogens is 1. The third kappa shape index (κ3) is 4.11. The monoisotopic (exact) mass is 405 g/mol. The van der Waals surface area contributed by atoms with Crippen LogP contribution in [0.5, 0.6) is 0 Å². The Morgan fingerprint density at radius 3 is 2.60 bits per heavy atom. The van der Waals surface area contributed by atoms with E-state index in [1.165, 1.54) is 18.9 Å². The van der Waals surface area contributed by atoms with Crippen LogP contribution < -0.4 is 5.32 Å². The van der Waals surface area contributed by atoms with Crippen LogP contribution in [0.3, 0.4) is 0 Å². The maximum Gasteiger partial charge on any atom is 0.233 e. The molecule has 2 aromatic rings. The first kappa shape index (κ1) is 20.6. The molecular formula is C25H31N3O2. The minimum atomic E-state index is -0.395. The van der Waals surface area contributed by atoms with E-state index in [2.05, 4.69) is 39.5 Å². The minimum Gasteiger partial charge on any atom is -0.351 e. The van der Waals surface area contributed by atoms with Gasteiger partial charge < -0.3 is 10.2 Å². The van der Waals surface area contributed by atoms with Gasteiger partial charge in [0, 0.05) is 19.7 Å². The number of likely N-dealkylation sites (tertiary alicyclic amines) is 1. The zero-order chi connectivity index (χ0) is 21.0. The van der Waals surface area contributed by atoms with Gasteiger partial charge in [-0.05, 0) is 48.9 Å². The largest absolute Gasteiger partial charge is 0.351 e. The van der Waals surface area contributed by atoms with Crippen molar-refractivity contribution in [3.63, 3.8) is 0 Å². The van der Waals surface area contributed by atoms with Gasteiger partial charge >= 0.3 is 0 Å². The normalized spacial score (nSPS) is 20.7. The molecule has 1 atom stereocenters. The lowest BCUT2D eigenvalue weighted by molar-refractivity contribution is -0.140. The number of rotatable bonds is 5. The molecule has 0 radical (unpaired) electrons. The molecule has 1 aromatic carbocycles. The molecule has 5 nitrogen and oxygen atoms in total. The highest BCUT2D eigenvalue weighted by Crippen LogP contribution is 2.44. The Morgan fingerprint density at radius 1 is 1.10 bits per heavy atom. The quantitative estimate of drug-likeness (QED) is 0.807. The van der Waals surface area contributed by atoms with Crippen molar-refractivity contribution < 1.29 is 9.59 Å². The second-order valence-corrected chi connectivity index (χ2v) is 8.66. The van der Waals surface area contributed by atoms with Crippen LogP contribution in [0.2, 0.25) is 0 Å². The molecule has 1 aliphatic heterocycles. The predicted octanol–water partition coefficient (Wildman–Crippen LogP) is 4.28. The van der Waals surface area contributed by atoms with Gasteiger partial charge in [-0.3, -0.25) is 14.6 Å². The fourth-order valence-electron chi connectivity index (χ4n) is 5.19. The average molecular weight is 406 g/mol. The SMILES string of the molecule is CC(=O)NCc1cc(C2CCCN2C(=O)C2(c3ccccc3)CCCCC2)ccn1. The lowest BCUT2D eigenvalue weighted by atomic mass is 9.68. The second kappa shape index (κ2) is 8.99. The molecule has 1 aromatic heterocycles. The summed E-state index contributed by atoms with van der Waals surface area (Å²) in [5.41, 5.74) is 2.72. The number of amides is 2. The van der Waals surface area contributed by atoms with Crippen molar-refractivity contribution >= 4 is 11.8 Å². The molecule has 1 saturated carbocycles. The van der Waals surface area contributed by atoms with Crippen LogP contribution >= 0.6 is 0 Å². The van der Waals surface area contributed by atoms with Crippen LogP contribution in [0.4, 0.5) is 0 Å². The van der Waals surface area contributed by atoms with Gasteiger partial charge in [0.1, 0.15) is 0 Å². The van der Waals surface area contributed by atoms with Crippen LogP contribution in [0.25, 0.3) is 0 Å². The lowest BCUT2D eigenvalue weighted by Crippen LogP contribution is -2.47. The van der Waals surface area contributed by atoms with E-state index in [9.17, 15) is 9.59 Å². The Labute approximate surface area is 178 Å². The summed E-state index contributed by atoms with van der Waals surface area (Å²) in [6.45, 7) is 2.73. The summed E-state index contributed by atoms with van der Waals surface area (Å²) in [5.74, 6) is 0.220. The Balaban J connectivity index is 1.61. The molecule has 158 valence electrons. The van der Waals surface area contributed by atoms with E-state index >= 15 is 0 Å². The van der Waals surface area contributed by atoms with E-state index in [1.54, 1.807) is 6.20 Å². The lowest BCUT2D eigenvalue weighted by Gasteiger charge is -2.41. The van der Waals surface area contributed by atoms with Gasteiger partial charge in [0.2, 0.25) is 11.8 Å². The van der Waals surface area contributed by atoms with Crippen LogP contribution in [0.1, 0.15) is 74.7 Å². The maximum atomic E-state index is 14.1. The number of pyridine rings is 1. The van der Waals surface area contributed by atoms with Crippen molar-refractivity contribution in [1.29, 1.82) is 0 Å². The van der Waals surface area contributed by atoms with E-state index in [0.29, 0.717) is 6.54 Å². The number of hydrogen-bond donors (Lipinski definition) is 1. The Kier molecular flexibility index (Phi) is 6.16. The van der Waals surface area contributed by atoms with Crippen molar-refractivity contribution in [1.82, 2.24) is 15.2 Å². The fraction of sp³-hybridized carbons (Fsp3) is 0.480. The summed E-state index contributed by atoms with van der Waals surface area (Å²) in [6.07, 6.45) is 9.07. The topological polar surface area (TPSA) is 62.3 Å². The molecule has 1 aliphatic carbocycles.